The van der Waals surface area contributed by atoms with Gasteiger partial charge in [-0.1, -0.05) is 19.1 Å². The number of methoxy groups -OCH3 is 1. The minimum absolute atomic E-state index is 0.138. The Labute approximate surface area is 185 Å². The summed E-state index contributed by atoms with van der Waals surface area (Å²) in [6.45, 7) is 4.42. The van der Waals surface area contributed by atoms with Crippen LogP contribution in [0.1, 0.15) is 25.8 Å². The highest BCUT2D eigenvalue weighted by atomic mass is 127. The average molecular weight is 510 g/mol. The topological polar surface area (TPSA) is 67.9 Å². The summed E-state index contributed by atoms with van der Waals surface area (Å²) in [5, 5.41) is 2.82. The Hall–Kier alpha value is -2.29. The Balaban J connectivity index is 2.20. The van der Waals surface area contributed by atoms with E-state index in [0.717, 1.165) is 9.13 Å². The van der Waals surface area contributed by atoms with Gasteiger partial charge in [0, 0.05) is 16.7 Å². The van der Waals surface area contributed by atoms with Gasteiger partial charge in [-0.15, -0.1) is 0 Å². The molecule has 0 aromatic heterocycles. The number of nitrogens with one attached hydrogen (secondary N) is 1. The molecular formula is C22H27IN2O4. The van der Waals surface area contributed by atoms with E-state index >= 15 is 0 Å². The van der Waals surface area contributed by atoms with E-state index in [1.807, 2.05) is 62.4 Å². The van der Waals surface area contributed by atoms with E-state index in [9.17, 15) is 9.59 Å². The van der Waals surface area contributed by atoms with Gasteiger partial charge in [0.25, 0.3) is 5.91 Å². The third kappa shape index (κ3) is 6.92. The molecule has 0 saturated heterocycles. The molecule has 0 saturated carbocycles. The van der Waals surface area contributed by atoms with Crippen molar-refractivity contribution in [3.8, 4) is 11.5 Å². The van der Waals surface area contributed by atoms with Crippen LogP contribution in [0, 0.1) is 3.57 Å². The molecule has 2 amide bonds. The van der Waals surface area contributed by atoms with Gasteiger partial charge in [0.05, 0.1) is 7.11 Å². The van der Waals surface area contributed by atoms with Crippen molar-refractivity contribution in [1.82, 2.24) is 10.2 Å². The summed E-state index contributed by atoms with van der Waals surface area (Å²) in [5.74, 6) is 0.909. The number of benzene rings is 2. The standard InChI is InChI=1S/C22H27IN2O4/c1-4-20(22(27)24-5-2)25(14-16-7-6-8-19(13-16)28-3)21(26)15-29-18-11-9-17(23)10-12-18/h6-13,20H,4-5,14-15H2,1-3H3,(H,24,27)/t20-/m0/s1. The summed E-state index contributed by atoms with van der Waals surface area (Å²) >= 11 is 2.21. The summed E-state index contributed by atoms with van der Waals surface area (Å²) in [6.07, 6.45) is 0.505. The zero-order chi connectivity index (χ0) is 21.2. The number of hydrogen-bond donors (Lipinski definition) is 1. The minimum Gasteiger partial charge on any atom is -0.497 e. The Morgan fingerprint density at radius 2 is 1.83 bits per heavy atom. The molecule has 156 valence electrons. The summed E-state index contributed by atoms with van der Waals surface area (Å²) in [4.78, 5) is 27.2. The van der Waals surface area contributed by atoms with Crippen LogP contribution in [0.3, 0.4) is 0 Å². The maximum absolute atomic E-state index is 13.0. The highest BCUT2D eigenvalue weighted by molar-refractivity contribution is 14.1. The summed E-state index contributed by atoms with van der Waals surface area (Å²) < 4.78 is 12.0. The van der Waals surface area contributed by atoms with Crippen LogP contribution in [0.25, 0.3) is 0 Å². The first-order valence-corrected chi connectivity index (χ1v) is 10.6. The number of amides is 2. The lowest BCUT2D eigenvalue weighted by Gasteiger charge is -2.30. The van der Waals surface area contributed by atoms with Gasteiger partial charge in [0.1, 0.15) is 17.5 Å². The number of carbonyl (C=O) groups is 2. The van der Waals surface area contributed by atoms with Crippen LogP contribution in [-0.2, 0) is 16.1 Å². The summed E-state index contributed by atoms with van der Waals surface area (Å²) in [7, 11) is 1.60. The Morgan fingerprint density at radius 3 is 2.45 bits per heavy atom. The normalized spacial score (nSPS) is 11.4. The second kappa shape index (κ2) is 11.6. The Kier molecular flexibility index (Phi) is 9.24. The number of ether oxygens (including phenoxy) is 2. The van der Waals surface area contributed by atoms with E-state index in [1.165, 1.54) is 0 Å². The fourth-order valence-electron chi connectivity index (χ4n) is 2.94. The van der Waals surface area contributed by atoms with E-state index in [4.69, 9.17) is 9.47 Å². The number of rotatable bonds is 10. The lowest BCUT2D eigenvalue weighted by molar-refractivity contribution is -0.142. The van der Waals surface area contributed by atoms with E-state index in [0.29, 0.717) is 31.0 Å². The molecule has 0 aliphatic heterocycles. The van der Waals surface area contributed by atoms with Crippen LogP contribution in [0.2, 0.25) is 0 Å². The molecule has 1 N–H and O–H groups in total. The molecule has 0 aliphatic carbocycles. The van der Waals surface area contributed by atoms with Crippen molar-refractivity contribution < 1.29 is 19.1 Å². The first-order chi connectivity index (χ1) is 14.0. The van der Waals surface area contributed by atoms with Gasteiger partial charge in [-0.05, 0) is 77.9 Å². The second-order valence-electron chi connectivity index (χ2n) is 6.43. The fourth-order valence-corrected chi connectivity index (χ4v) is 3.30. The molecule has 2 rings (SSSR count). The molecule has 2 aromatic rings. The smallest absolute Gasteiger partial charge is 0.261 e. The maximum atomic E-state index is 13.0. The van der Waals surface area contributed by atoms with Gasteiger partial charge in [0.2, 0.25) is 5.91 Å². The van der Waals surface area contributed by atoms with Crippen LogP contribution in [0.4, 0.5) is 0 Å². The highest BCUT2D eigenvalue weighted by Gasteiger charge is 2.28. The number of likely N-dealkylation sites (N-methyl/N-ethyl adjacent to an activating group) is 1. The van der Waals surface area contributed by atoms with Crippen LogP contribution in [-0.4, -0.2) is 43.0 Å². The van der Waals surface area contributed by atoms with Crippen molar-refractivity contribution in [3.63, 3.8) is 0 Å². The van der Waals surface area contributed by atoms with Crippen molar-refractivity contribution in [1.29, 1.82) is 0 Å². The van der Waals surface area contributed by atoms with Gasteiger partial charge in [-0.3, -0.25) is 9.59 Å². The third-order valence-corrected chi connectivity index (χ3v) is 5.12. The molecule has 0 spiro atoms. The van der Waals surface area contributed by atoms with Crippen LogP contribution >= 0.6 is 22.6 Å². The molecule has 1 atom stereocenters. The van der Waals surface area contributed by atoms with Crippen LogP contribution in [0.15, 0.2) is 48.5 Å². The monoisotopic (exact) mass is 510 g/mol. The summed E-state index contributed by atoms with van der Waals surface area (Å²) in [5.41, 5.74) is 0.884. The molecule has 0 fully saturated rings. The second-order valence-corrected chi connectivity index (χ2v) is 7.68. The predicted molar refractivity (Wildman–Crippen MR) is 121 cm³/mol. The number of carbonyl (C=O) groups excluding carboxylic acids is 2. The average Bonchev–Trinajstić information content (AvgIpc) is 2.73. The molecule has 0 aliphatic rings. The quantitative estimate of drug-likeness (QED) is 0.496. The number of hydrogen-bond acceptors (Lipinski definition) is 4. The molecule has 2 aromatic carbocycles. The van der Waals surface area contributed by atoms with Crippen molar-refractivity contribution in [2.75, 3.05) is 20.3 Å². The van der Waals surface area contributed by atoms with Crippen molar-refractivity contribution in [2.45, 2.75) is 32.9 Å². The maximum Gasteiger partial charge on any atom is 0.261 e. The van der Waals surface area contributed by atoms with Gasteiger partial charge >= 0.3 is 0 Å². The predicted octanol–water partition coefficient (Wildman–Crippen LogP) is 3.62. The van der Waals surface area contributed by atoms with Gasteiger partial charge in [-0.25, -0.2) is 0 Å². The van der Waals surface area contributed by atoms with Crippen molar-refractivity contribution in [3.05, 3.63) is 57.7 Å². The molecule has 0 bridgehead atoms. The molecule has 0 unspecified atom stereocenters. The highest BCUT2D eigenvalue weighted by Crippen LogP contribution is 2.18. The SMILES string of the molecule is CCNC(=O)[C@H](CC)N(Cc1cccc(OC)c1)C(=O)COc1ccc(I)cc1. The van der Waals surface area contributed by atoms with Crippen molar-refractivity contribution >= 4 is 34.4 Å². The fraction of sp³-hybridized carbons (Fsp3) is 0.364. The molecule has 29 heavy (non-hydrogen) atoms. The van der Waals surface area contributed by atoms with E-state index in [1.54, 1.807) is 12.0 Å². The van der Waals surface area contributed by atoms with Crippen LogP contribution < -0.4 is 14.8 Å². The largest absolute Gasteiger partial charge is 0.497 e. The zero-order valence-corrected chi connectivity index (χ0v) is 19.1. The lowest BCUT2D eigenvalue weighted by Crippen LogP contribution is -2.50. The zero-order valence-electron chi connectivity index (χ0n) is 17.0. The van der Waals surface area contributed by atoms with E-state index in [2.05, 4.69) is 27.9 Å². The van der Waals surface area contributed by atoms with Gasteiger partial charge < -0.3 is 19.7 Å². The Morgan fingerprint density at radius 1 is 1.10 bits per heavy atom. The van der Waals surface area contributed by atoms with Crippen molar-refractivity contribution in [2.24, 2.45) is 0 Å². The van der Waals surface area contributed by atoms with Gasteiger partial charge in [0.15, 0.2) is 6.61 Å². The van der Waals surface area contributed by atoms with Crippen LogP contribution in [0.5, 0.6) is 11.5 Å². The Bertz CT molecular complexity index is 811. The van der Waals surface area contributed by atoms with E-state index < -0.39 is 6.04 Å². The molecule has 7 heteroatoms. The molecule has 0 heterocycles. The molecule has 6 nitrogen and oxygen atoms in total. The first-order valence-electron chi connectivity index (χ1n) is 9.56. The number of nitrogens with zero attached hydrogens (tertiary/aromatic N) is 1. The minimum atomic E-state index is -0.575. The third-order valence-electron chi connectivity index (χ3n) is 4.40. The molecular weight excluding hydrogens is 483 g/mol. The number of halogens is 1. The molecule has 0 radical (unpaired) electrons. The summed E-state index contributed by atoms with van der Waals surface area (Å²) in [6, 6.07) is 14.4. The first kappa shape index (κ1) is 23.0. The lowest BCUT2D eigenvalue weighted by atomic mass is 10.1. The van der Waals surface area contributed by atoms with Gasteiger partial charge in [-0.2, -0.15) is 0 Å². The van der Waals surface area contributed by atoms with E-state index in [-0.39, 0.29) is 18.4 Å².